The number of nitriles is 1. The second kappa shape index (κ2) is 4.84. The quantitative estimate of drug-likeness (QED) is 0.783. The van der Waals surface area contributed by atoms with Crippen LogP contribution in [-0.2, 0) is 4.74 Å². The molecule has 3 unspecified atom stereocenters. The number of hydrogen-bond acceptors (Lipinski definition) is 5. The minimum absolute atomic E-state index is 0.0490. The van der Waals surface area contributed by atoms with E-state index in [1.165, 1.54) is 0 Å². The van der Waals surface area contributed by atoms with Crippen LogP contribution in [0.4, 0.5) is 0 Å². The van der Waals surface area contributed by atoms with Crippen LogP contribution < -0.4 is 0 Å². The standard InChI is InChI=1S/C12H17N3O2/c1-4-16-10(7(2)3)11-14-12(17-15-11)9-5-8(9)6-13/h7-10H,4-5H2,1-3H3. The monoisotopic (exact) mass is 235 g/mol. The molecule has 0 bridgehead atoms. The summed E-state index contributed by atoms with van der Waals surface area (Å²) in [4.78, 5) is 4.36. The van der Waals surface area contributed by atoms with E-state index >= 15 is 0 Å². The first-order valence-corrected chi connectivity index (χ1v) is 6.02. The second-order valence-electron chi connectivity index (χ2n) is 4.69. The first-order chi connectivity index (χ1) is 8.17. The average Bonchev–Trinajstić information content (AvgIpc) is 2.95. The van der Waals surface area contributed by atoms with Crippen molar-refractivity contribution in [3.63, 3.8) is 0 Å². The van der Waals surface area contributed by atoms with E-state index in [0.29, 0.717) is 24.2 Å². The first kappa shape index (κ1) is 12.1. The SMILES string of the molecule is CCOC(c1noc(C2CC2C#N)n1)C(C)C. The minimum Gasteiger partial charge on any atom is -0.370 e. The maximum atomic E-state index is 8.76. The predicted octanol–water partition coefficient (Wildman–Crippen LogP) is 2.43. The van der Waals surface area contributed by atoms with Crippen LogP contribution in [0.1, 0.15) is 50.9 Å². The maximum Gasteiger partial charge on any atom is 0.231 e. The predicted molar refractivity (Wildman–Crippen MR) is 60.0 cm³/mol. The van der Waals surface area contributed by atoms with Crippen LogP contribution in [0.3, 0.4) is 0 Å². The molecule has 92 valence electrons. The normalized spacial score (nSPS) is 24.6. The largest absolute Gasteiger partial charge is 0.370 e. The molecule has 1 aliphatic carbocycles. The summed E-state index contributed by atoms with van der Waals surface area (Å²) in [6.45, 7) is 6.69. The number of ether oxygens (including phenoxy) is 1. The summed E-state index contributed by atoms with van der Waals surface area (Å²) in [5.74, 6) is 1.66. The van der Waals surface area contributed by atoms with Crippen molar-refractivity contribution in [3.8, 4) is 6.07 Å². The number of hydrogen-bond donors (Lipinski definition) is 0. The molecule has 5 heteroatoms. The van der Waals surface area contributed by atoms with Gasteiger partial charge in [-0.2, -0.15) is 10.2 Å². The van der Waals surface area contributed by atoms with Gasteiger partial charge in [-0.1, -0.05) is 19.0 Å². The third-order valence-corrected chi connectivity index (χ3v) is 2.94. The summed E-state index contributed by atoms with van der Waals surface area (Å²) in [5.41, 5.74) is 0. The molecule has 1 aromatic heterocycles. The zero-order valence-corrected chi connectivity index (χ0v) is 10.4. The zero-order chi connectivity index (χ0) is 12.4. The van der Waals surface area contributed by atoms with Crippen molar-refractivity contribution in [2.24, 2.45) is 11.8 Å². The third-order valence-electron chi connectivity index (χ3n) is 2.94. The van der Waals surface area contributed by atoms with E-state index in [2.05, 4.69) is 30.1 Å². The van der Waals surface area contributed by atoms with Gasteiger partial charge >= 0.3 is 0 Å². The Morgan fingerprint density at radius 3 is 2.88 bits per heavy atom. The van der Waals surface area contributed by atoms with E-state index < -0.39 is 0 Å². The molecule has 0 N–H and O–H groups in total. The van der Waals surface area contributed by atoms with Gasteiger partial charge in [0.15, 0.2) is 0 Å². The number of rotatable bonds is 5. The van der Waals surface area contributed by atoms with Crippen LogP contribution >= 0.6 is 0 Å². The Balaban J connectivity index is 2.09. The Morgan fingerprint density at radius 1 is 1.59 bits per heavy atom. The molecule has 0 amide bonds. The highest BCUT2D eigenvalue weighted by Gasteiger charge is 2.43. The Hall–Kier alpha value is -1.41. The molecule has 0 aliphatic heterocycles. The summed E-state index contributed by atoms with van der Waals surface area (Å²) in [6, 6.07) is 2.21. The Bertz CT molecular complexity index is 422. The fourth-order valence-electron chi connectivity index (χ4n) is 1.87. The molecule has 0 spiro atoms. The highest BCUT2D eigenvalue weighted by atomic mass is 16.5. The molecular formula is C12H17N3O2. The van der Waals surface area contributed by atoms with Crippen molar-refractivity contribution in [1.29, 1.82) is 5.26 Å². The van der Waals surface area contributed by atoms with Crippen molar-refractivity contribution in [2.75, 3.05) is 6.61 Å². The van der Waals surface area contributed by atoms with E-state index in [-0.39, 0.29) is 17.9 Å². The average molecular weight is 235 g/mol. The molecule has 1 fully saturated rings. The molecule has 17 heavy (non-hydrogen) atoms. The highest BCUT2D eigenvalue weighted by Crippen LogP contribution is 2.46. The lowest BCUT2D eigenvalue weighted by molar-refractivity contribution is 0.0217. The molecule has 2 rings (SSSR count). The summed E-state index contributed by atoms with van der Waals surface area (Å²) in [5, 5.41) is 12.7. The number of aromatic nitrogens is 2. The van der Waals surface area contributed by atoms with Crippen LogP contribution in [0.5, 0.6) is 0 Å². The summed E-state index contributed by atoms with van der Waals surface area (Å²) in [6.07, 6.45) is 0.704. The molecule has 1 saturated carbocycles. The van der Waals surface area contributed by atoms with Crippen molar-refractivity contribution < 1.29 is 9.26 Å². The van der Waals surface area contributed by atoms with Gasteiger partial charge in [0.05, 0.1) is 17.9 Å². The fourth-order valence-corrected chi connectivity index (χ4v) is 1.87. The molecule has 1 heterocycles. The van der Waals surface area contributed by atoms with Crippen molar-refractivity contribution in [3.05, 3.63) is 11.7 Å². The van der Waals surface area contributed by atoms with Crippen molar-refractivity contribution in [1.82, 2.24) is 10.1 Å². The Kier molecular flexibility index (Phi) is 3.43. The molecule has 0 saturated heterocycles. The number of nitrogens with zero attached hydrogens (tertiary/aromatic N) is 3. The Labute approximate surface area is 101 Å². The first-order valence-electron chi connectivity index (χ1n) is 6.02. The van der Waals surface area contributed by atoms with Crippen LogP contribution in [0.15, 0.2) is 4.52 Å². The smallest absolute Gasteiger partial charge is 0.231 e. The zero-order valence-electron chi connectivity index (χ0n) is 10.4. The highest BCUT2D eigenvalue weighted by molar-refractivity contribution is 5.15. The molecule has 5 nitrogen and oxygen atoms in total. The van der Waals surface area contributed by atoms with Crippen molar-refractivity contribution in [2.45, 2.75) is 39.2 Å². The molecule has 0 aromatic carbocycles. The second-order valence-corrected chi connectivity index (χ2v) is 4.69. The van der Waals surface area contributed by atoms with Gasteiger partial charge in [0.1, 0.15) is 6.10 Å². The van der Waals surface area contributed by atoms with Gasteiger partial charge in [-0.05, 0) is 19.3 Å². The van der Waals surface area contributed by atoms with E-state index in [1.54, 1.807) is 0 Å². The third kappa shape index (κ3) is 2.47. The van der Waals surface area contributed by atoms with Crippen LogP contribution in [0.2, 0.25) is 0 Å². The van der Waals surface area contributed by atoms with Gasteiger partial charge in [0.25, 0.3) is 0 Å². The fraction of sp³-hybridized carbons (Fsp3) is 0.750. The van der Waals surface area contributed by atoms with E-state index in [9.17, 15) is 0 Å². The molecular weight excluding hydrogens is 218 g/mol. The van der Waals surface area contributed by atoms with Gasteiger partial charge in [-0.3, -0.25) is 0 Å². The van der Waals surface area contributed by atoms with Gasteiger partial charge in [-0.25, -0.2) is 0 Å². The van der Waals surface area contributed by atoms with Gasteiger partial charge in [-0.15, -0.1) is 0 Å². The molecule has 3 atom stereocenters. The molecule has 0 radical (unpaired) electrons. The minimum atomic E-state index is -0.128. The van der Waals surface area contributed by atoms with Crippen LogP contribution in [0.25, 0.3) is 0 Å². The van der Waals surface area contributed by atoms with Crippen LogP contribution in [0, 0.1) is 23.2 Å². The lowest BCUT2D eigenvalue weighted by Gasteiger charge is -2.16. The summed E-state index contributed by atoms with van der Waals surface area (Å²) >= 11 is 0. The summed E-state index contributed by atoms with van der Waals surface area (Å²) < 4.78 is 10.8. The lowest BCUT2D eigenvalue weighted by atomic mass is 10.1. The van der Waals surface area contributed by atoms with Crippen molar-refractivity contribution >= 4 is 0 Å². The van der Waals surface area contributed by atoms with E-state index in [4.69, 9.17) is 14.5 Å². The molecule has 1 aliphatic rings. The Morgan fingerprint density at radius 2 is 2.35 bits per heavy atom. The molecule has 1 aromatic rings. The topological polar surface area (TPSA) is 71.9 Å². The van der Waals surface area contributed by atoms with Gasteiger partial charge in [0, 0.05) is 6.61 Å². The lowest BCUT2D eigenvalue weighted by Crippen LogP contribution is -2.12. The summed E-state index contributed by atoms with van der Waals surface area (Å²) in [7, 11) is 0. The van der Waals surface area contributed by atoms with Crippen LogP contribution in [-0.4, -0.2) is 16.7 Å². The van der Waals surface area contributed by atoms with E-state index in [0.717, 1.165) is 6.42 Å². The van der Waals surface area contributed by atoms with E-state index in [1.807, 2.05) is 6.92 Å². The van der Waals surface area contributed by atoms with Gasteiger partial charge < -0.3 is 9.26 Å². The maximum absolute atomic E-state index is 8.76. The van der Waals surface area contributed by atoms with Gasteiger partial charge in [0.2, 0.25) is 11.7 Å².